The smallest absolute Gasteiger partial charge is 0.326 e. The van der Waals surface area contributed by atoms with Crippen LogP contribution in [0.25, 0.3) is 0 Å². The zero-order chi connectivity index (χ0) is 30.5. The lowest BCUT2D eigenvalue weighted by atomic mass is 10.0. The highest BCUT2D eigenvalue weighted by molar-refractivity contribution is 5.96. The molecule has 1 aromatic carbocycles. The number of rotatable bonds is 16. The Bertz CT molecular complexity index is 1080. The second-order valence-electron chi connectivity index (χ2n) is 10.1. The van der Waals surface area contributed by atoms with Gasteiger partial charge in [-0.05, 0) is 51.1 Å². The van der Waals surface area contributed by atoms with Gasteiger partial charge in [0.05, 0.1) is 12.5 Å². The Morgan fingerprint density at radius 2 is 1.59 bits per heavy atom. The van der Waals surface area contributed by atoms with Gasteiger partial charge in [-0.15, -0.1) is 0 Å². The Hall–Kier alpha value is -4.04. The van der Waals surface area contributed by atoms with Crippen LogP contribution >= 0.6 is 0 Å². The van der Waals surface area contributed by atoms with Crippen molar-refractivity contribution in [2.75, 3.05) is 13.1 Å². The van der Waals surface area contributed by atoms with Crippen LogP contribution in [-0.4, -0.2) is 94.0 Å². The van der Waals surface area contributed by atoms with E-state index in [-0.39, 0.29) is 12.8 Å². The third-order valence-corrected chi connectivity index (χ3v) is 6.72. The molecule has 0 spiro atoms. The minimum atomic E-state index is -1.62. The summed E-state index contributed by atoms with van der Waals surface area (Å²) in [6.07, 6.45) is 1.14. The Morgan fingerprint density at radius 1 is 0.951 bits per heavy atom. The number of carboxylic acid groups (broad SMARTS) is 2. The molecule has 4 amide bonds. The molecule has 14 nitrogen and oxygen atoms in total. The number of hydrogen-bond acceptors (Lipinski definition) is 8. The normalized spacial score (nSPS) is 17.5. The molecule has 5 atom stereocenters. The number of likely N-dealkylation sites (tertiary alicyclic amines) is 1. The average molecular weight is 577 g/mol. The van der Waals surface area contributed by atoms with Crippen molar-refractivity contribution in [1.29, 1.82) is 0 Å². The fourth-order valence-corrected chi connectivity index (χ4v) is 4.57. The van der Waals surface area contributed by atoms with E-state index in [9.17, 15) is 39.0 Å². The van der Waals surface area contributed by atoms with Crippen molar-refractivity contribution in [1.82, 2.24) is 20.9 Å². The lowest BCUT2D eigenvalue weighted by Crippen LogP contribution is -2.58. The molecule has 0 saturated carbocycles. The highest BCUT2D eigenvalue weighted by Gasteiger charge is 2.37. The molecule has 0 unspecified atom stereocenters. The Kier molecular flexibility index (Phi) is 13.2. The first-order chi connectivity index (χ1) is 19.4. The van der Waals surface area contributed by atoms with E-state index < -0.39 is 72.2 Å². The zero-order valence-corrected chi connectivity index (χ0v) is 23.1. The summed E-state index contributed by atoms with van der Waals surface area (Å²) in [5.74, 6) is -5.54. The molecule has 0 radical (unpaired) electrons. The summed E-state index contributed by atoms with van der Waals surface area (Å²) in [7, 11) is 0. The first kappa shape index (κ1) is 33.2. The van der Waals surface area contributed by atoms with E-state index in [2.05, 4.69) is 16.0 Å². The predicted octanol–water partition coefficient (Wildman–Crippen LogP) is -1.29. The van der Waals surface area contributed by atoms with E-state index in [4.69, 9.17) is 11.5 Å². The minimum absolute atomic E-state index is 0.00458. The number of amides is 4. The Labute approximate surface area is 238 Å². The number of carboxylic acids is 2. The van der Waals surface area contributed by atoms with E-state index in [0.29, 0.717) is 44.3 Å². The largest absolute Gasteiger partial charge is 0.481 e. The van der Waals surface area contributed by atoms with Crippen LogP contribution in [0.1, 0.15) is 51.0 Å². The van der Waals surface area contributed by atoms with Crippen LogP contribution in [0, 0.1) is 0 Å². The second-order valence-corrected chi connectivity index (χ2v) is 10.1. The molecule has 1 aliphatic rings. The van der Waals surface area contributed by atoms with Gasteiger partial charge in [-0.2, -0.15) is 0 Å². The van der Waals surface area contributed by atoms with Gasteiger partial charge in [0.2, 0.25) is 23.6 Å². The average Bonchev–Trinajstić information content (AvgIpc) is 3.41. The molecule has 14 heteroatoms. The van der Waals surface area contributed by atoms with Crippen molar-refractivity contribution in [3.8, 4) is 0 Å². The van der Waals surface area contributed by atoms with Gasteiger partial charge in [-0.25, -0.2) is 4.79 Å². The Balaban J connectivity index is 2.24. The molecular formula is C27H40N6O8. The van der Waals surface area contributed by atoms with Crippen LogP contribution in [0.3, 0.4) is 0 Å². The molecule has 9 N–H and O–H groups in total. The van der Waals surface area contributed by atoms with Crippen molar-refractivity contribution >= 4 is 35.6 Å². The van der Waals surface area contributed by atoms with E-state index in [1.165, 1.54) is 11.8 Å². The summed E-state index contributed by atoms with van der Waals surface area (Å²) in [6.45, 7) is 2.19. The van der Waals surface area contributed by atoms with E-state index in [1.54, 1.807) is 30.3 Å². The van der Waals surface area contributed by atoms with Crippen LogP contribution in [-0.2, 0) is 35.2 Å². The molecule has 0 aromatic heterocycles. The van der Waals surface area contributed by atoms with Crippen molar-refractivity contribution in [2.45, 2.75) is 82.1 Å². The van der Waals surface area contributed by atoms with Gasteiger partial charge < -0.3 is 42.5 Å². The number of nitrogens with one attached hydrogen (secondary N) is 3. The topological polar surface area (TPSA) is 234 Å². The lowest BCUT2D eigenvalue weighted by Gasteiger charge is -2.28. The maximum absolute atomic E-state index is 13.4. The monoisotopic (exact) mass is 576 g/mol. The summed E-state index contributed by atoms with van der Waals surface area (Å²) in [5.41, 5.74) is 11.8. The van der Waals surface area contributed by atoms with E-state index >= 15 is 0 Å². The van der Waals surface area contributed by atoms with Crippen LogP contribution in [0.5, 0.6) is 0 Å². The van der Waals surface area contributed by atoms with Crippen molar-refractivity contribution in [2.24, 2.45) is 11.5 Å². The molecule has 0 bridgehead atoms. The first-order valence-corrected chi connectivity index (χ1v) is 13.6. The number of nitrogens with zero attached hydrogens (tertiary/aromatic N) is 1. The third kappa shape index (κ3) is 10.5. The van der Waals surface area contributed by atoms with Crippen molar-refractivity contribution in [3.63, 3.8) is 0 Å². The SMILES string of the molecule is C[C@H](N)C(=O)N1CCC[C@H]1C(=O)N[C@@H](Cc1ccccc1)C(=O)N[C@@H](CC(=O)O)C(=O)N[C@@H](CCCCN)C(=O)O. The molecule has 2 rings (SSSR count). The molecular weight excluding hydrogens is 536 g/mol. The van der Waals surface area contributed by atoms with E-state index in [0.717, 1.165) is 0 Å². The Morgan fingerprint density at radius 3 is 2.17 bits per heavy atom. The molecule has 0 aliphatic carbocycles. The van der Waals surface area contributed by atoms with Gasteiger partial charge in [-0.1, -0.05) is 30.3 Å². The molecule has 1 heterocycles. The number of carbonyl (C=O) groups is 6. The van der Waals surface area contributed by atoms with Crippen molar-refractivity contribution in [3.05, 3.63) is 35.9 Å². The number of carbonyl (C=O) groups excluding carboxylic acids is 4. The molecule has 226 valence electrons. The molecule has 1 saturated heterocycles. The minimum Gasteiger partial charge on any atom is -0.481 e. The number of benzene rings is 1. The van der Waals surface area contributed by atoms with Crippen molar-refractivity contribution < 1.29 is 39.0 Å². The summed E-state index contributed by atoms with van der Waals surface area (Å²) in [4.78, 5) is 76.6. The van der Waals surface area contributed by atoms with Gasteiger partial charge in [0.15, 0.2) is 0 Å². The number of hydrogen-bond donors (Lipinski definition) is 7. The maximum Gasteiger partial charge on any atom is 0.326 e. The van der Waals surface area contributed by atoms with Gasteiger partial charge in [0.1, 0.15) is 24.2 Å². The quantitative estimate of drug-likeness (QED) is 0.115. The number of nitrogens with two attached hydrogens (primary N) is 2. The number of aliphatic carboxylic acids is 2. The summed E-state index contributed by atoms with van der Waals surface area (Å²) < 4.78 is 0. The van der Waals surface area contributed by atoms with Gasteiger partial charge in [0.25, 0.3) is 0 Å². The van der Waals surface area contributed by atoms with E-state index in [1.807, 2.05) is 0 Å². The standard InChI is InChI=1S/C27H40N6O8/c1-16(29)26(39)33-13-7-11-21(33)25(38)32-19(14-17-8-3-2-4-9-17)23(36)31-20(15-22(34)35)24(37)30-18(27(40)41)10-5-6-12-28/h2-4,8-9,16,18-21H,5-7,10-15,28-29H2,1H3,(H,30,37)(H,31,36)(H,32,38)(H,34,35)(H,40,41)/t16-,18-,19-,20-,21-/m0/s1. The van der Waals surface area contributed by atoms with Crippen LogP contribution in [0.4, 0.5) is 0 Å². The van der Waals surface area contributed by atoms with Crippen LogP contribution in [0.2, 0.25) is 0 Å². The summed E-state index contributed by atoms with van der Waals surface area (Å²) in [6, 6.07) is 2.89. The maximum atomic E-state index is 13.4. The molecule has 1 fully saturated rings. The van der Waals surface area contributed by atoms with Crippen LogP contribution < -0.4 is 27.4 Å². The highest BCUT2D eigenvalue weighted by atomic mass is 16.4. The zero-order valence-electron chi connectivity index (χ0n) is 23.1. The number of unbranched alkanes of at least 4 members (excludes halogenated alkanes) is 1. The summed E-state index contributed by atoms with van der Waals surface area (Å²) >= 11 is 0. The molecule has 1 aliphatic heterocycles. The fraction of sp³-hybridized carbons (Fsp3) is 0.556. The predicted molar refractivity (Wildman–Crippen MR) is 147 cm³/mol. The third-order valence-electron chi connectivity index (χ3n) is 6.72. The highest BCUT2D eigenvalue weighted by Crippen LogP contribution is 2.19. The van der Waals surface area contributed by atoms with Gasteiger partial charge in [-0.3, -0.25) is 24.0 Å². The van der Waals surface area contributed by atoms with Gasteiger partial charge in [0, 0.05) is 13.0 Å². The molecule has 41 heavy (non-hydrogen) atoms. The van der Waals surface area contributed by atoms with Gasteiger partial charge >= 0.3 is 11.9 Å². The lowest BCUT2D eigenvalue weighted by molar-refractivity contribution is -0.144. The second kappa shape index (κ2) is 16.3. The fourth-order valence-electron chi connectivity index (χ4n) is 4.57. The van der Waals surface area contributed by atoms with Crippen LogP contribution in [0.15, 0.2) is 30.3 Å². The first-order valence-electron chi connectivity index (χ1n) is 13.6. The molecule has 1 aromatic rings. The summed E-state index contributed by atoms with van der Waals surface area (Å²) in [5, 5.41) is 26.2.